The summed E-state index contributed by atoms with van der Waals surface area (Å²) in [4.78, 5) is 2.58. The highest BCUT2D eigenvalue weighted by atomic mass is 15.2. The zero-order valence-corrected chi connectivity index (χ0v) is 10.5. The second kappa shape index (κ2) is 4.34. The Morgan fingerprint density at radius 3 is 2.29 bits per heavy atom. The van der Waals surface area contributed by atoms with Gasteiger partial charge in [0.25, 0.3) is 0 Å². The molecular formula is C15H22N2. The highest BCUT2D eigenvalue weighted by Gasteiger charge is 2.42. The average Bonchev–Trinajstić information content (AvgIpc) is 2.31. The first-order valence-electron chi connectivity index (χ1n) is 6.83. The number of hydrogen-bond donors (Lipinski definition) is 1. The molecule has 1 aliphatic carbocycles. The van der Waals surface area contributed by atoms with Gasteiger partial charge in [0.1, 0.15) is 0 Å². The number of nitrogens with two attached hydrogens (primary N) is 1. The molecule has 0 amide bonds. The fourth-order valence-electron chi connectivity index (χ4n) is 3.51. The van der Waals surface area contributed by atoms with E-state index in [4.69, 9.17) is 5.73 Å². The fourth-order valence-corrected chi connectivity index (χ4v) is 3.51. The van der Waals surface area contributed by atoms with Crippen LogP contribution in [0.15, 0.2) is 24.3 Å². The summed E-state index contributed by atoms with van der Waals surface area (Å²) in [5.74, 6) is 0. The molecule has 0 radical (unpaired) electrons. The van der Waals surface area contributed by atoms with Gasteiger partial charge in [0.15, 0.2) is 0 Å². The Bertz CT molecular complexity index is 368. The van der Waals surface area contributed by atoms with Crippen molar-refractivity contribution in [2.75, 3.05) is 18.8 Å². The van der Waals surface area contributed by atoms with Crippen molar-refractivity contribution in [3.8, 4) is 0 Å². The van der Waals surface area contributed by atoms with E-state index in [0.29, 0.717) is 5.41 Å². The van der Waals surface area contributed by atoms with E-state index < -0.39 is 0 Å². The minimum atomic E-state index is 0.700. The average molecular weight is 230 g/mol. The third kappa shape index (κ3) is 2.32. The lowest BCUT2D eigenvalue weighted by Crippen LogP contribution is -2.56. The predicted molar refractivity (Wildman–Crippen MR) is 71.6 cm³/mol. The Balaban J connectivity index is 1.54. The molecule has 0 atom stereocenters. The van der Waals surface area contributed by atoms with Crippen LogP contribution < -0.4 is 5.73 Å². The van der Waals surface area contributed by atoms with Gasteiger partial charge in [0.05, 0.1) is 0 Å². The highest BCUT2D eigenvalue weighted by Crippen LogP contribution is 2.44. The van der Waals surface area contributed by atoms with Crippen LogP contribution in [0.1, 0.15) is 37.7 Å². The minimum Gasteiger partial charge on any atom is -0.399 e. The maximum absolute atomic E-state index is 5.70. The zero-order valence-electron chi connectivity index (χ0n) is 10.5. The van der Waals surface area contributed by atoms with E-state index in [1.54, 1.807) is 0 Å². The first kappa shape index (κ1) is 11.1. The maximum Gasteiger partial charge on any atom is 0.0314 e. The smallest absolute Gasteiger partial charge is 0.0314 e. The molecule has 1 spiro atoms. The molecule has 1 aliphatic heterocycles. The fraction of sp³-hybridized carbons (Fsp3) is 0.600. The van der Waals surface area contributed by atoms with Gasteiger partial charge in [-0.3, -0.25) is 4.90 Å². The van der Waals surface area contributed by atoms with Gasteiger partial charge in [-0.15, -0.1) is 0 Å². The third-order valence-electron chi connectivity index (χ3n) is 4.42. The summed E-state index contributed by atoms with van der Waals surface area (Å²) in [5.41, 5.74) is 8.66. The summed E-state index contributed by atoms with van der Waals surface area (Å²) >= 11 is 0. The Morgan fingerprint density at radius 2 is 1.65 bits per heavy atom. The van der Waals surface area contributed by atoms with E-state index in [2.05, 4.69) is 17.0 Å². The van der Waals surface area contributed by atoms with Crippen molar-refractivity contribution in [1.29, 1.82) is 0 Å². The van der Waals surface area contributed by atoms with Crippen molar-refractivity contribution in [1.82, 2.24) is 4.90 Å². The molecule has 1 aromatic carbocycles. The SMILES string of the molecule is Nc1ccc(CN2CC3(CCCCC3)C2)cc1. The lowest BCUT2D eigenvalue weighted by Gasteiger charge is -2.52. The Morgan fingerprint density at radius 1 is 1.00 bits per heavy atom. The lowest BCUT2D eigenvalue weighted by atomic mass is 9.68. The summed E-state index contributed by atoms with van der Waals surface area (Å²) in [6.07, 6.45) is 7.29. The molecule has 0 unspecified atom stereocenters. The van der Waals surface area contributed by atoms with Crippen molar-refractivity contribution < 1.29 is 0 Å². The monoisotopic (exact) mass is 230 g/mol. The molecular weight excluding hydrogens is 208 g/mol. The van der Waals surface area contributed by atoms with Crippen molar-refractivity contribution in [2.45, 2.75) is 38.6 Å². The maximum atomic E-state index is 5.70. The number of benzene rings is 1. The van der Waals surface area contributed by atoms with Crippen LogP contribution in [0.5, 0.6) is 0 Å². The largest absolute Gasteiger partial charge is 0.399 e. The number of likely N-dealkylation sites (tertiary alicyclic amines) is 1. The van der Waals surface area contributed by atoms with Crippen LogP contribution in [-0.4, -0.2) is 18.0 Å². The van der Waals surface area contributed by atoms with Gasteiger partial charge in [-0.25, -0.2) is 0 Å². The number of nitrogens with zero attached hydrogens (tertiary/aromatic N) is 1. The van der Waals surface area contributed by atoms with E-state index in [0.717, 1.165) is 12.2 Å². The van der Waals surface area contributed by atoms with Gasteiger partial charge >= 0.3 is 0 Å². The van der Waals surface area contributed by atoms with Crippen molar-refractivity contribution in [2.24, 2.45) is 5.41 Å². The quantitative estimate of drug-likeness (QED) is 0.791. The minimum absolute atomic E-state index is 0.700. The molecule has 0 aromatic heterocycles. The van der Waals surface area contributed by atoms with Crippen LogP contribution in [0.4, 0.5) is 5.69 Å². The summed E-state index contributed by atoms with van der Waals surface area (Å²) in [6, 6.07) is 8.32. The van der Waals surface area contributed by atoms with E-state index in [9.17, 15) is 0 Å². The van der Waals surface area contributed by atoms with Crippen LogP contribution in [0.25, 0.3) is 0 Å². The number of rotatable bonds is 2. The van der Waals surface area contributed by atoms with Crippen LogP contribution >= 0.6 is 0 Å². The highest BCUT2D eigenvalue weighted by molar-refractivity contribution is 5.39. The lowest BCUT2D eigenvalue weighted by molar-refractivity contribution is -0.0332. The van der Waals surface area contributed by atoms with Gasteiger partial charge in [-0.1, -0.05) is 31.4 Å². The summed E-state index contributed by atoms with van der Waals surface area (Å²) in [5, 5.41) is 0. The van der Waals surface area contributed by atoms with E-state index >= 15 is 0 Å². The normalized spacial score (nSPS) is 23.5. The molecule has 2 N–H and O–H groups in total. The van der Waals surface area contributed by atoms with Gasteiger partial charge in [0.2, 0.25) is 0 Å². The molecule has 2 nitrogen and oxygen atoms in total. The zero-order chi connectivity index (χ0) is 11.7. The summed E-state index contributed by atoms with van der Waals surface area (Å²) < 4.78 is 0. The van der Waals surface area contributed by atoms with E-state index in [1.165, 1.54) is 50.8 Å². The van der Waals surface area contributed by atoms with Crippen molar-refractivity contribution in [3.05, 3.63) is 29.8 Å². The van der Waals surface area contributed by atoms with Gasteiger partial charge in [-0.05, 0) is 36.0 Å². The standard InChI is InChI=1S/C15H22N2/c16-14-6-4-13(5-7-14)10-17-11-15(12-17)8-2-1-3-9-15/h4-7H,1-3,8-12,16H2. The molecule has 1 aromatic rings. The molecule has 92 valence electrons. The van der Waals surface area contributed by atoms with E-state index in [1.807, 2.05) is 12.1 Å². The van der Waals surface area contributed by atoms with Gasteiger partial charge in [0, 0.05) is 25.3 Å². The second-order valence-corrected chi connectivity index (χ2v) is 5.95. The van der Waals surface area contributed by atoms with Crippen LogP contribution in [-0.2, 0) is 6.54 Å². The molecule has 2 aliphatic rings. The van der Waals surface area contributed by atoms with Crippen LogP contribution in [0.2, 0.25) is 0 Å². The predicted octanol–water partition coefficient (Wildman–Crippen LogP) is 3.03. The molecule has 1 heterocycles. The molecule has 3 rings (SSSR count). The first-order chi connectivity index (χ1) is 8.26. The van der Waals surface area contributed by atoms with Crippen LogP contribution in [0.3, 0.4) is 0 Å². The molecule has 1 saturated carbocycles. The summed E-state index contributed by atoms with van der Waals surface area (Å²) in [7, 11) is 0. The van der Waals surface area contributed by atoms with Crippen LogP contribution in [0, 0.1) is 5.41 Å². The van der Waals surface area contributed by atoms with E-state index in [-0.39, 0.29) is 0 Å². The third-order valence-corrected chi connectivity index (χ3v) is 4.42. The topological polar surface area (TPSA) is 29.3 Å². The number of nitrogen functional groups attached to an aromatic ring is 1. The Kier molecular flexibility index (Phi) is 2.83. The second-order valence-electron chi connectivity index (χ2n) is 5.95. The van der Waals surface area contributed by atoms with Crippen molar-refractivity contribution >= 4 is 5.69 Å². The van der Waals surface area contributed by atoms with Gasteiger partial charge in [-0.2, -0.15) is 0 Å². The Labute approximate surface area is 104 Å². The number of hydrogen-bond acceptors (Lipinski definition) is 2. The molecule has 2 heteroatoms. The summed E-state index contributed by atoms with van der Waals surface area (Å²) in [6.45, 7) is 3.73. The first-order valence-corrected chi connectivity index (χ1v) is 6.83. The molecule has 17 heavy (non-hydrogen) atoms. The van der Waals surface area contributed by atoms with Crippen molar-refractivity contribution in [3.63, 3.8) is 0 Å². The number of anilines is 1. The van der Waals surface area contributed by atoms with Gasteiger partial charge < -0.3 is 5.73 Å². The molecule has 2 fully saturated rings. The molecule has 0 bridgehead atoms. The Hall–Kier alpha value is -1.02. The molecule has 1 saturated heterocycles.